The summed E-state index contributed by atoms with van der Waals surface area (Å²) < 4.78 is 23.2. The fourth-order valence-corrected chi connectivity index (χ4v) is 5.08. The first-order chi connectivity index (χ1) is 17.0. The molecular weight excluding hydrogens is 489 g/mol. The zero-order valence-electron chi connectivity index (χ0n) is 18.9. The zero-order chi connectivity index (χ0) is 24.1. The van der Waals surface area contributed by atoms with Crippen LogP contribution >= 0.6 is 23.2 Å². The number of hydrogen-bond acceptors (Lipinski definition) is 6. The summed E-state index contributed by atoms with van der Waals surface area (Å²) in [4.78, 5) is 15.5. The maximum atomic E-state index is 13.3. The molecule has 0 aromatic heterocycles. The molecule has 0 saturated carbocycles. The molecule has 0 fully saturated rings. The molecule has 35 heavy (non-hydrogen) atoms. The van der Waals surface area contributed by atoms with Crippen LogP contribution in [0.5, 0.6) is 17.2 Å². The summed E-state index contributed by atoms with van der Waals surface area (Å²) in [6.45, 7) is 4.29. The lowest BCUT2D eigenvalue weighted by molar-refractivity contribution is -0.0165. The highest BCUT2D eigenvalue weighted by atomic mass is 35.5. The van der Waals surface area contributed by atoms with Gasteiger partial charge in [0.25, 0.3) is 0 Å². The Kier molecular flexibility index (Phi) is 5.69. The van der Waals surface area contributed by atoms with Gasteiger partial charge in [-0.15, -0.1) is 0 Å². The largest absolute Gasteiger partial charge is 0.477 e. The van der Waals surface area contributed by atoms with Crippen molar-refractivity contribution >= 4 is 35.1 Å². The van der Waals surface area contributed by atoms with Gasteiger partial charge < -0.3 is 18.9 Å². The number of halogens is 2. The van der Waals surface area contributed by atoms with Gasteiger partial charge in [-0.3, -0.25) is 9.69 Å². The topological polar surface area (TPSA) is 57.2 Å². The molecule has 0 radical (unpaired) electrons. The number of Topliss-reactive ketones (excluding diaryl/α,β-unsaturated/α-hetero) is 1. The lowest BCUT2D eigenvalue weighted by Crippen LogP contribution is -2.32. The van der Waals surface area contributed by atoms with Gasteiger partial charge in [0, 0.05) is 45.4 Å². The van der Waals surface area contributed by atoms with E-state index in [9.17, 15) is 4.79 Å². The molecule has 0 atom stereocenters. The molecule has 6 rings (SSSR count). The van der Waals surface area contributed by atoms with E-state index in [2.05, 4.69) is 4.90 Å². The van der Waals surface area contributed by atoms with Crippen molar-refractivity contribution in [1.82, 2.24) is 4.90 Å². The van der Waals surface area contributed by atoms with Crippen LogP contribution in [0.1, 0.15) is 38.2 Å². The Bertz CT molecular complexity index is 1380. The molecular formula is C27H21Cl2NO5. The quantitative estimate of drug-likeness (QED) is 0.395. The molecule has 3 aromatic rings. The Morgan fingerprint density at radius 3 is 2.63 bits per heavy atom. The number of fused-ring (bicyclic) bond motifs is 3. The van der Waals surface area contributed by atoms with E-state index in [0.29, 0.717) is 59.1 Å². The van der Waals surface area contributed by atoms with Crippen molar-refractivity contribution in [3.63, 3.8) is 0 Å². The molecule has 0 saturated heterocycles. The number of hydrogen-bond donors (Lipinski definition) is 0. The Hall–Kier alpha value is -3.03. The molecule has 3 aromatic carbocycles. The highest BCUT2D eigenvalue weighted by Crippen LogP contribution is 2.44. The Labute approximate surface area is 212 Å². The van der Waals surface area contributed by atoms with Gasteiger partial charge in [0.05, 0.1) is 12.2 Å². The number of ketones is 1. The van der Waals surface area contributed by atoms with Gasteiger partial charge in [-0.1, -0.05) is 35.3 Å². The Morgan fingerprint density at radius 1 is 0.971 bits per heavy atom. The number of carbonyl (C=O) groups is 1. The van der Waals surface area contributed by atoms with Gasteiger partial charge in [0.1, 0.15) is 24.0 Å². The summed E-state index contributed by atoms with van der Waals surface area (Å²) in [5, 5.41) is 1.24. The SMILES string of the molecule is Cc1c2c(cc3c1O/C(=C\c1cc(Cl)cc4c1OCOC4)C3=O)CN(Cc1ccc(Cl)cc1)CO2. The predicted octanol–water partition coefficient (Wildman–Crippen LogP) is 6.14. The lowest BCUT2D eigenvalue weighted by Gasteiger charge is -2.30. The van der Waals surface area contributed by atoms with Crippen molar-refractivity contribution in [3.05, 3.63) is 91.6 Å². The van der Waals surface area contributed by atoms with Crippen LogP contribution in [0.25, 0.3) is 6.08 Å². The molecule has 3 aliphatic rings. The van der Waals surface area contributed by atoms with Gasteiger partial charge in [0.2, 0.25) is 5.78 Å². The standard InChI is InChI=1S/C27H21Cl2NO5/c1-15-25-18(11-30(13-33-25)10-16-2-4-20(28)5-3-16)8-22-24(31)23(35-26(15)22)9-17-6-21(29)7-19-12-32-14-34-27(17)19/h2-9H,10-14H2,1H3/b23-9-. The number of carbonyl (C=O) groups excluding carboxylic acids is 1. The first-order valence-electron chi connectivity index (χ1n) is 11.2. The highest BCUT2D eigenvalue weighted by Gasteiger charge is 2.34. The van der Waals surface area contributed by atoms with Crippen molar-refractivity contribution in [3.8, 4) is 17.2 Å². The van der Waals surface area contributed by atoms with Crippen LogP contribution in [0.4, 0.5) is 0 Å². The summed E-state index contributed by atoms with van der Waals surface area (Å²) >= 11 is 12.3. The summed E-state index contributed by atoms with van der Waals surface area (Å²) in [5.41, 5.74) is 4.96. The molecule has 3 heterocycles. The lowest BCUT2D eigenvalue weighted by atomic mass is 9.99. The average Bonchev–Trinajstić information content (AvgIpc) is 3.16. The number of allylic oxidation sites excluding steroid dienone is 1. The van der Waals surface area contributed by atoms with Crippen LogP contribution in [-0.2, 0) is 24.4 Å². The minimum Gasteiger partial charge on any atom is -0.477 e. The second-order valence-electron chi connectivity index (χ2n) is 8.79. The molecule has 6 nitrogen and oxygen atoms in total. The van der Waals surface area contributed by atoms with Crippen molar-refractivity contribution in [1.29, 1.82) is 0 Å². The Balaban J connectivity index is 1.30. The van der Waals surface area contributed by atoms with Crippen molar-refractivity contribution < 1.29 is 23.7 Å². The smallest absolute Gasteiger partial charge is 0.231 e. The summed E-state index contributed by atoms with van der Waals surface area (Å²) in [7, 11) is 0. The maximum absolute atomic E-state index is 13.3. The van der Waals surface area contributed by atoms with E-state index in [0.717, 1.165) is 28.0 Å². The molecule has 0 amide bonds. The van der Waals surface area contributed by atoms with E-state index in [4.69, 9.17) is 42.1 Å². The zero-order valence-corrected chi connectivity index (χ0v) is 20.4. The fraction of sp³-hybridized carbons (Fsp3) is 0.222. The minimum atomic E-state index is -0.179. The van der Waals surface area contributed by atoms with Crippen molar-refractivity contribution in [2.75, 3.05) is 13.5 Å². The Morgan fingerprint density at radius 2 is 1.80 bits per heavy atom. The van der Waals surface area contributed by atoms with E-state index in [1.807, 2.05) is 37.3 Å². The number of rotatable bonds is 3. The van der Waals surface area contributed by atoms with Crippen LogP contribution in [0.15, 0.2) is 48.2 Å². The van der Waals surface area contributed by atoms with Gasteiger partial charge in [-0.05, 0) is 48.9 Å². The van der Waals surface area contributed by atoms with Crippen LogP contribution in [0.2, 0.25) is 10.0 Å². The molecule has 0 spiro atoms. The number of nitrogens with zero attached hydrogens (tertiary/aromatic N) is 1. The molecule has 0 N–H and O–H groups in total. The van der Waals surface area contributed by atoms with Gasteiger partial charge in [-0.2, -0.15) is 0 Å². The minimum absolute atomic E-state index is 0.148. The third kappa shape index (κ3) is 4.17. The van der Waals surface area contributed by atoms with Crippen LogP contribution in [0.3, 0.4) is 0 Å². The molecule has 0 aliphatic carbocycles. The van der Waals surface area contributed by atoms with E-state index in [-0.39, 0.29) is 18.3 Å². The van der Waals surface area contributed by atoms with Gasteiger partial charge in [-0.25, -0.2) is 0 Å². The summed E-state index contributed by atoms with van der Waals surface area (Å²) in [5.74, 6) is 2.00. The van der Waals surface area contributed by atoms with Gasteiger partial charge >= 0.3 is 0 Å². The predicted molar refractivity (Wildman–Crippen MR) is 132 cm³/mol. The van der Waals surface area contributed by atoms with E-state index in [1.54, 1.807) is 18.2 Å². The number of ether oxygens (including phenoxy) is 4. The van der Waals surface area contributed by atoms with Crippen LogP contribution in [-0.4, -0.2) is 24.2 Å². The fourth-order valence-electron chi connectivity index (χ4n) is 4.70. The average molecular weight is 510 g/mol. The molecule has 0 bridgehead atoms. The molecule has 0 unspecified atom stereocenters. The second-order valence-corrected chi connectivity index (χ2v) is 9.66. The van der Waals surface area contributed by atoms with E-state index >= 15 is 0 Å². The third-order valence-electron chi connectivity index (χ3n) is 6.31. The molecule has 3 aliphatic heterocycles. The summed E-state index contributed by atoms with van der Waals surface area (Å²) in [6, 6.07) is 13.2. The molecule has 8 heteroatoms. The van der Waals surface area contributed by atoms with Crippen molar-refractivity contribution in [2.24, 2.45) is 0 Å². The molecule has 178 valence electrons. The first kappa shape index (κ1) is 22.4. The number of benzene rings is 3. The summed E-state index contributed by atoms with van der Waals surface area (Å²) in [6.07, 6.45) is 1.69. The van der Waals surface area contributed by atoms with Crippen molar-refractivity contribution in [2.45, 2.75) is 26.6 Å². The van der Waals surface area contributed by atoms with E-state index in [1.165, 1.54) is 0 Å². The highest BCUT2D eigenvalue weighted by molar-refractivity contribution is 6.31. The van der Waals surface area contributed by atoms with E-state index < -0.39 is 0 Å². The van der Waals surface area contributed by atoms with Gasteiger partial charge in [0.15, 0.2) is 12.6 Å². The monoisotopic (exact) mass is 509 g/mol. The third-order valence-corrected chi connectivity index (χ3v) is 6.78. The first-order valence-corrected chi connectivity index (χ1v) is 11.9. The normalized spacial score (nSPS) is 17.8. The second kappa shape index (κ2) is 8.88. The maximum Gasteiger partial charge on any atom is 0.231 e. The van der Waals surface area contributed by atoms with Crippen LogP contribution < -0.4 is 14.2 Å². The van der Waals surface area contributed by atoms with Crippen LogP contribution in [0, 0.1) is 6.92 Å².